The molecule has 1 amide bonds. The van der Waals surface area contributed by atoms with Gasteiger partial charge in [0.05, 0.1) is 12.2 Å². The van der Waals surface area contributed by atoms with E-state index in [-0.39, 0.29) is 17.7 Å². The third kappa shape index (κ3) is 4.72. The Bertz CT molecular complexity index is 554. The molecule has 6 heteroatoms. The lowest BCUT2D eigenvalue weighted by Crippen LogP contribution is -2.38. The van der Waals surface area contributed by atoms with Crippen LogP contribution in [0.25, 0.3) is 0 Å². The summed E-state index contributed by atoms with van der Waals surface area (Å²) in [5, 5.41) is 0. The lowest BCUT2D eigenvalue weighted by atomic mass is 10.1. The lowest BCUT2D eigenvalue weighted by Gasteiger charge is -2.24. The molecule has 2 unspecified atom stereocenters. The first-order valence-corrected chi connectivity index (χ1v) is 8.19. The Morgan fingerprint density at radius 2 is 1.92 bits per heavy atom. The number of ether oxygens (including phenoxy) is 1. The molecule has 1 fully saturated rings. The average Bonchev–Trinajstić information content (AvgIpc) is 3.30. The minimum absolute atomic E-state index is 0.0250. The van der Waals surface area contributed by atoms with Crippen molar-refractivity contribution in [3.63, 3.8) is 0 Å². The fourth-order valence-electron chi connectivity index (χ4n) is 2.92. The van der Waals surface area contributed by atoms with E-state index in [1.54, 1.807) is 7.11 Å². The summed E-state index contributed by atoms with van der Waals surface area (Å²) < 4.78 is 42.9. The summed E-state index contributed by atoms with van der Waals surface area (Å²) in [5.74, 6) is 0.328. The number of carbonyl (C=O) groups is 1. The number of benzene rings is 1. The average molecular weight is 343 g/mol. The van der Waals surface area contributed by atoms with Crippen LogP contribution in [0.4, 0.5) is 13.2 Å². The van der Waals surface area contributed by atoms with Gasteiger partial charge in [0.1, 0.15) is 0 Å². The molecule has 0 aromatic heterocycles. The normalized spacial score (nSPS) is 20.3. The molecule has 0 aliphatic heterocycles. The van der Waals surface area contributed by atoms with E-state index < -0.39 is 11.7 Å². The van der Waals surface area contributed by atoms with Crippen molar-refractivity contribution >= 4 is 5.91 Å². The summed E-state index contributed by atoms with van der Waals surface area (Å²) in [7, 11) is 1.60. The predicted octanol–water partition coefficient (Wildman–Crippen LogP) is 3.94. The number of amides is 1. The van der Waals surface area contributed by atoms with Gasteiger partial charge >= 0.3 is 6.18 Å². The summed E-state index contributed by atoms with van der Waals surface area (Å²) in [6, 6.07) is 5.16. The van der Waals surface area contributed by atoms with Gasteiger partial charge in [-0.05, 0) is 36.0 Å². The van der Waals surface area contributed by atoms with E-state index in [9.17, 15) is 18.0 Å². The number of alkyl halides is 3. The van der Waals surface area contributed by atoms with Gasteiger partial charge in [-0.15, -0.1) is 0 Å². The van der Waals surface area contributed by atoms with Crippen molar-refractivity contribution in [3.8, 4) is 0 Å². The van der Waals surface area contributed by atoms with Gasteiger partial charge in [-0.25, -0.2) is 0 Å². The smallest absolute Gasteiger partial charge is 0.383 e. The van der Waals surface area contributed by atoms with Gasteiger partial charge in [0.2, 0.25) is 5.91 Å². The van der Waals surface area contributed by atoms with Crippen LogP contribution in [0.1, 0.15) is 37.3 Å². The summed E-state index contributed by atoms with van der Waals surface area (Å²) in [6.45, 7) is 5.79. The van der Waals surface area contributed by atoms with Gasteiger partial charge in [0.15, 0.2) is 0 Å². The molecule has 1 aromatic rings. The molecule has 0 heterocycles. The van der Waals surface area contributed by atoms with Crippen molar-refractivity contribution in [3.05, 3.63) is 35.4 Å². The van der Waals surface area contributed by atoms with Crippen molar-refractivity contribution in [1.29, 1.82) is 0 Å². The van der Waals surface area contributed by atoms with Gasteiger partial charge in [-0.2, -0.15) is 13.2 Å². The topological polar surface area (TPSA) is 29.5 Å². The Labute approximate surface area is 140 Å². The van der Waals surface area contributed by atoms with Gasteiger partial charge in [0.25, 0.3) is 0 Å². The fraction of sp³-hybridized carbons (Fsp3) is 0.611. The van der Waals surface area contributed by atoms with E-state index in [0.717, 1.165) is 17.7 Å². The molecular weight excluding hydrogens is 319 g/mol. The van der Waals surface area contributed by atoms with Crippen LogP contribution in [0, 0.1) is 11.8 Å². The predicted molar refractivity (Wildman–Crippen MR) is 85.6 cm³/mol. The first-order valence-electron chi connectivity index (χ1n) is 8.19. The van der Waals surface area contributed by atoms with E-state index in [1.165, 1.54) is 12.1 Å². The van der Waals surface area contributed by atoms with Crippen molar-refractivity contribution in [2.75, 3.05) is 26.8 Å². The molecule has 1 aliphatic rings. The highest BCUT2D eigenvalue weighted by Gasteiger charge is 2.46. The fourth-order valence-corrected chi connectivity index (χ4v) is 2.92. The third-order valence-corrected chi connectivity index (χ3v) is 4.24. The molecule has 0 spiro atoms. The number of carbonyl (C=O) groups excluding carboxylic acids is 1. The molecule has 1 aliphatic carbocycles. The number of hydrogen-bond donors (Lipinski definition) is 0. The van der Waals surface area contributed by atoms with Gasteiger partial charge in [-0.3, -0.25) is 4.79 Å². The molecule has 3 nitrogen and oxygen atoms in total. The summed E-state index contributed by atoms with van der Waals surface area (Å²) in [6.07, 6.45) is -3.63. The van der Waals surface area contributed by atoms with E-state index in [1.807, 2.05) is 18.7 Å². The second-order valence-corrected chi connectivity index (χ2v) is 6.74. The highest BCUT2D eigenvalue weighted by atomic mass is 19.4. The lowest BCUT2D eigenvalue weighted by molar-refractivity contribution is -0.137. The van der Waals surface area contributed by atoms with Crippen molar-refractivity contribution < 1.29 is 22.7 Å². The molecule has 2 rings (SSSR count). The SMILES string of the molecule is COCCN(CC(C)C)C(=O)C1CC1c1ccc(C(F)(F)F)cc1. The number of methoxy groups -OCH3 is 1. The maximum atomic E-state index is 12.6. The van der Waals surface area contributed by atoms with Crippen LogP contribution in [0.5, 0.6) is 0 Å². The van der Waals surface area contributed by atoms with Crippen LogP contribution in [0.2, 0.25) is 0 Å². The monoisotopic (exact) mass is 343 g/mol. The minimum Gasteiger partial charge on any atom is -0.383 e. The summed E-state index contributed by atoms with van der Waals surface area (Å²) >= 11 is 0. The Hall–Kier alpha value is -1.56. The van der Waals surface area contributed by atoms with Crippen molar-refractivity contribution in [2.45, 2.75) is 32.4 Å². The van der Waals surface area contributed by atoms with Crippen LogP contribution >= 0.6 is 0 Å². The van der Waals surface area contributed by atoms with Crippen LogP contribution in [0.3, 0.4) is 0 Å². The highest BCUT2D eigenvalue weighted by molar-refractivity contribution is 5.83. The van der Waals surface area contributed by atoms with Crippen LogP contribution in [0.15, 0.2) is 24.3 Å². The van der Waals surface area contributed by atoms with Crippen LogP contribution in [-0.4, -0.2) is 37.6 Å². The number of hydrogen-bond acceptors (Lipinski definition) is 2. The summed E-state index contributed by atoms with van der Waals surface area (Å²) in [4.78, 5) is 14.5. The van der Waals surface area contributed by atoms with Gasteiger partial charge in [0, 0.05) is 26.1 Å². The molecule has 0 radical (unpaired) electrons. The van der Waals surface area contributed by atoms with Crippen LogP contribution in [-0.2, 0) is 15.7 Å². The number of rotatable bonds is 7. The van der Waals surface area contributed by atoms with E-state index in [2.05, 4.69) is 0 Å². The van der Waals surface area contributed by atoms with Crippen LogP contribution < -0.4 is 0 Å². The standard InChI is InChI=1S/C18H24F3NO2/c1-12(2)11-22(8-9-24-3)17(23)16-10-15(16)13-4-6-14(7-5-13)18(19,20)21/h4-7,12,15-16H,8-11H2,1-3H3. The molecule has 24 heavy (non-hydrogen) atoms. The zero-order valence-electron chi connectivity index (χ0n) is 14.3. The van der Waals surface area contributed by atoms with E-state index in [0.29, 0.717) is 32.0 Å². The van der Waals surface area contributed by atoms with E-state index >= 15 is 0 Å². The van der Waals surface area contributed by atoms with E-state index in [4.69, 9.17) is 4.74 Å². The molecular formula is C18H24F3NO2. The maximum absolute atomic E-state index is 12.6. The molecule has 134 valence electrons. The van der Waals surface area contributed by atoms with Gasteiger partial charge in [-0.1, -0.05) is 26.0 Å². The van der Waals surface area contributed by atoms with Crippen molar-refractivity contribution in [1.82, 2.24) is 4.90 Å². The van der Waals surface area contributed by atoms with Crippen molar-refractivity contribution in [2.24, 2.45) is 11.8 Å². The molecule has 1 saturated carbocycles. The molecule has 0 N–H and O–H groups in total. The largest absolute Gasteiger partial charge is 0.416 e. The first-order chi connectivity index (χ1) is 11.2. The quantitative estimate of drug-likeness (QED) is 0.750. The molecule has 1 aromatic carbocycles. The van der Waals surface area contributed by atoms with Gasteiger partial charge < -0.3 is 9.64 Å². The Balaban J connectivity index is 2.00. The zero-order chi connectivity index (χ0) is 17.9. The summed E-state index contributed by atoms with van der Waals surface area (Å²) in [5.41, 5.74) is 0.147. The first kappa shape index (κ1) is 18.8. The molecule has 0 saturated heterocycles. The Morgan fingerprint density at radius 1 is 1.29 bits per heavy atom. The second kappa shape index (κ2) is 7.55. The number of halogens is 3. The Kier molecular flexibility index (Phi) is 5.91. The number of nitrogens with zero attached hydrogens (tertiary/aromatic N) is 1. The molecule has 0 bridgehead atoms. The zero-order valence-corrected chi connectivity index (χ0v) is 14.3. The minimum atomic E-state index is -4.33. The second-order valence-electron chi connectivity index (χ2n) is 6.74. The molecule has 2 atom stereocenters. The third-order valence-electron chi connectivity index (χ3n) is 4.24. The Morgan fingerprint density at radius 3 is 2.42 bits per heavy atom. The maximum Gasteiger partial charge on any atom is 0.416 e. The highest BCUT2D eigenvalue weighted by Crippen LogP contribution is 2.48.